The molecule has 72 valence electrons. The second kappa shape index (κ2) is 5.18. The lowest BCUT2D eigenvalue weighted by Crippen LogP contribution is -2.37. The molecular weight excluding hydrogens is 148 g/mol. The first kappa shape index (κ1) is 11.5. The van der Waals surface area contributed by atoms with E-state index in [1.165, 1.54) is 0 Å². The molecule has 2 heteroatoms. The molecule has 0 spiro atoms. The zero-order valence-corrected chi connectivity index (χ0v) is 9.02. The summed E-state index contributed by atoms with van der Waals surface area (Å²) in [4.78, 5) is 2.08. The summed E-state index contributed by atoms with van der Waals surface area (Å²) in [6.45, 7) is 8.68. The lowest BCUT2D eigenvalue weighted by Gasteiger charge is -2.30. The number of hydrogen-bond donors (Lipinski definition) is 1. The highest BCUT2D eigenvalue weighted by Crippen LogP contribution is 2.09. The Morgan fingerprint density at radius 1 is 1.33 bits per heavy atom. The van der Waals surface area contributed by atoms with Crippen LogP contribution in [0.25, 0.3) is 0 Å². The Hall–Kier alpha value is -0.530. The van der Waals surface area contributed by atoms with E-state index in [9.17, 15) is 0 Å². The number of rotatable bonds is 4. The Morgan fingerprint density at radius 3 is 2.17 bits per heavy atom. The van der Waals surface area contributed by atoms with Gasteiger partial charge in [0.2, 0.25) is 0 Å². The maximum atomic E-state index is 7.74. The summed E-state index contributed by atoms with van der Waals surface area (Å²) in [6.07, 6.45) is 1.96. The van der Waals surface area contributed by atoms with Gasteiger partial charge in [-0.05, 0) is 19.3 Å². The molecule has 0 rings (SSSR count). The van der Waals surface area contributed by atoms with Crippen LogP contribution in [0.15, 0.2) is 0 Å². The smallest absolute Gasteiger partial charge is 0.0957 e. The topological polar surface area (TPSA) is 27.1 Å². The van der Waals surface area contributed by atoms with Crippen molar-refractivity contribution < 1.29 is 0 Å². The van der Waals surface area contributed by atoms with Gasteiger partial charge < -0.3 is 4.90 Å². The van der Waals surface area contributed by atoms with Gasteiger partial charge in [-0.1, -0.05) is 20.8 Å². The third-order valence-electron chi connectivity index (χ3n) is 2.49. The molecule has 0 aliphatic heterocycles. The summed E-state index contributed by atoms with van der Waals surface area (Å²) in [6, 6.07) is 0.476. The van der Waals surface area contributed by atoms with Crippen LogP contribution in [0.3, 0.4) is 0 Å². The van der Waals surface area contributed by atoms with E-state index in [-0.39, 0.29) is 0 Å². The van der Waals surface area contributed by atoms with Crippen molar-refractivity contribution in [3.63, 3.8) is 0 Å². The van der Waals surface area contributed by atoms with E-state index < -0.39 is 0 Å². The molecule has 1 N–H and O–H groups in total. The molecule has 1 unspecified atom stereocenters. The van der Waals surface area contributed by atoms with Crippen molar-refractivity contribution in [1.29, 1.82) is 5.41 Å². The number of nitrogens with zero attached hydrogens (tertiary/aromatic N) is 1. The van der Waals surface area contributed by atoms with Crippen LogP contribution in [0.2, 0.25) is 0 Å². The van der Waals surface area contributed by atoms with E-state index in [1.807, 2.05) is 7.05 Å². The van der Waals surface area contributed by atoms with Crippen molar-refractivity contribution in [3.05, 3.63) is 0 Å². The summed E-state index contributed by atoms with van der Waals surface area (Å²) in [5, 5.41) is 7.74. The van der Waals surface area contributed by atoms with E-state index in [1.54, 1.807) is 0 Å². The predicted molar refractivity (Wildman–Crippen MR) is 54.7 cm³/mol. The second-order valence-electron chi connectivity index (χ2n) is 3.79. The first-order chi connectivity index (χ1) is 5.50. The normalized spacial score (nSPS) is 13.2. The molecule has 0 radical (unpaired) electrons. The molecule has 1 atom stereocenters. The molecule has 2 nitrogen and oxygen atoms in total. The SMILES string of the molecule is CCCC(=N)N(C)C(C)C(C)C. The number of hydrogen-bond acceptors (Lipinski definition) is 1. The molecule has 0 fully saturated rings. The Bertz CT molecular complexity index is 141. The molecule has 0 aliphatic rings. The van der Waals surface area contributed by atoms with Crippen molar-refractivity contribution in [2.75, 3.05) is 7.05 Å². The quantitative estimate of drug-likeness (QED) is 0.510. The van der Waals surface area contributed by atoms with Crippen molar-refractivity contribution in [2.45, 2.75) is 46.6 Å². The van der Waals surface area contributed by atoms with E-state index >= 15 is 0 Å². The maximum absolute atomic E-state index is 7.74. The number of nitrogens with one attached hydrogen (secondary N) is 1. The summed E-state index contributed by atoms with van der Waals surface area (Å²) in [5.74, 6) is 1.38. The molecule has 0 bridgehead atoms. The highest BCUT2D eigenvalue weighted by Gasteiger charge is 2.14. The summed E-state index contributed by atoms with van der Waals surface area (Å²) >= 11 is 0. The molecule has 0 aromatic carbocycles. The molecule has 0 aromatic heterocycles. The van der Waals surface area contributed by atoms with Gasteiger partial charge in [-0.15, -0.1) is 0 Å². The summed E-state index contributed by atoms with van der Waals surface area (Å²) in [7, 11) is 2.02. The Morgan fingerprint density at radius 2 is 1.83 bits per heavy atom. The minimum Gasteiger partial charge on any atom is -0.361 e. The highest BCUT2D eigenvalue weighted by molar-refractivity contribution is 5.79. The second-order valence-corrected chi connectivity index (χ2v) is 3.79. The van der Waals surface area contributed by atoms with Crippen molar-refractivity contribution in [3.8, 4) is 0 Å². The Labute approximate surface area is 76.5 Å². The lowest BCUT2D eigenvalue weighted by molar-refractivity contribution is 0.302. The van der Waals surface area contributed by atoms with Gasteiger partial charge in [0.05, 0.1) is 5.84 Å². The molecule has 0 aromatic rings. The molecular formula is C10H22N2. The molecule has 0 saturated carbocycles. The van der Waals surface area contributed by atoms with Crippen LogP contribution < -0.4 is 0 Å². The van der Waals surface area contributed by atoms with E-state index in [2.05, 4.69) is 32.6 Å². The van der Waals surface area contributed by atoms with Crippen LogP contribution in [0, 0.1) is 11.3 Å². The zero-order chi connectivity index (χ0) is 9.72. The van der Waals surface area contributed by atoms with Crippen LogP contribution in [-0.4, -0.2) is 23.8 Å². The average molecular weight is 170 g/mol. The van der Waals surface area contributed by atoms with E-state index in [4.69, 9.17) is 5.41 Å². The minimum absolute atomic E-state index is 0.476. The van der Waals surface area contributed by atoms with Crippen LogP contribution in [0.1, 0.15) is 40.5 Å². The molecule has 0 aliphatic carbocycles. The van der Waals surface area contributed by atoms with Crippen LogP contribution >= 0.6 is 0 Å². The first-order valence-corrected chi connectivity index (χ1v) is 4.81. The third-order valence-corrected chi connectivity index (χ3v) is 2.49. The van der Waals surface area contributed by atoms with Crippen LogP contribution in [-0.2, 0) is 0 Å². The largest absolute Gasteiger partial charge is 0.361 e. The fraction of sp³-hybridized carbons (Fsp3) is 0.900. The standard InChI is InChI=1S/C10H22N2/c1-6-7-10(11)12(5)9(4)8(2)3/h8-9,11H,6-7H2,1-5H3. The van der Waals surface area contributed by atoms with Gasteiger partial charge in [0.1, 0.15) is 0 Å². The lowest BCUT2D eigenvalue weighted by atomic mass is 10.0. The molecule has 0 heterocycles. The van der Waals surface area contributed by atoms with Gasteiger partial charge >= 0.3 is 0 Å². The summed E-state index contributed by atoms with van der Waals surface area (Å²) in [5.41, 5.74) is 0. The minimum atomic E-state index is 0.476. The maximum Gasteiger partial charge on any atom is 0.0957 e. The van der Waals surface area contributed by atoms with Gasteiger partial charge in [0.25, 0.3) is 0 Å². The first-order valence-electron chi connectivity index (χ1n) is 4.81. The van der Waals surface area contributed by atoms with Crippen LogP contribution in [0.4, 0.5) is 0 Å². The van der Waals surface area contributed by atoms with Crippen molar-refractivity contribution >= 4 is 5.84 Å². The highest BCUT2D eigenvalue weighted by atomic mass is 15.2. The monoisotopic (exact) mass is 170 g/mol. The van der Waals surface area contributed by atoms with Gasteiger partial charge in [-0.25, -0.2) is 0 Å². The van der Waals surface area contributed by atoms with Gasteiger partial charge in [0.15, 0.2) is 0 Å². The predicted octanol–water partition coefficient (Wildman–Crippen LogP) is 2.74. The third kappa shape index (κ3) is 3.24. The van der Waals surface area contributed by atoms with Crippen LogP contribution in [0.5, 0.6) is 0 Å². The van der Waals surface area contributed by atoms with Gasteiger partial charge in [-0.3, -0.25) is 5.41 Å². The molecule has 0 saturated heterocycles. The fourth-order valence-corrected chi connectivity index (χ4v) is 1.11. The van der Waals surface area contributed by atoms with E-state index in [0.29, 0.717) is 12.0 Å². The molecule has 12 heavy (non-hydrogen) atoms. The number of amidine groups is 1. The average Bonchev–Trinajstić information content (AvgIpc) is 2.02. The Kier molecular flexibility index (Phi) is 4.95. The van der Waals surface area contributed by atoms with Gasteiger partial charge in [-0.2, -0.15) is 0 Å². The van der Waals surface area contributed by atoms with Crippen molar-refractivity contribution in [1.82, 2.24) is 4.90 Å². The van der Waals surface area contributed by atoms with E-state index in [0.717, 1.165) is 18.7 Å². The Balaban J connectivity index is 4.00. The van der Waals surface area contributed by atoms with Crippen molar-refractivity contribution in [2.24, 2.45) is 5.92 Å². The molecule has 0 amide bonds. The fourth-order valence-electron chi connectivity index (χ4n) is 1.11. The zero-order valence-electron chi connectivity index (χ0n) is 9.02. The van der Waals surface area contributed by atoms with Gasteiger partial charge in [0, 0.05) is 19.5 Å². The summed E-state index contributed by atoms with van der Waals surface area (Å²) < 4.78 is 0.